The number of rotatable bonds is 6. The lowest BCUT2D eigenvalue weighted by Crippen LogP contribution is -2.25. The first-order valence-electron chi connectivity index (χ1n) is 2.91. The van der Waals surface area contributed by atoms with Crippen molar-refractivity contribution >= 4 is 38.4 Å². The van der Waals surface area contributed by atoms with Gasteiger partial charge in [-0.2, -0.15) is 0 Å². The molecule has 0 atom stereocenters. The van der Waals surface area contributed by atoms with Gasteiger partial charge in [0.2, 0.25) is 0 Å². The van der Waals surface area contributed by atoms with Gasteiger partial charge in [0.05, 0.1) is 0 Å². The van der Waals surface area contributed by atoms with Crippen LogP contribution in [0, 0.1) is 0 Å². The van der Waals surface area contributed by atoms with Crippen LogP contribution in [0.2, 0.25) is 24.4 Å². The highest BCUT2D eigenvalue weighted by Gasteiger charge is 1.88. The molecule has 9 heavy (non-hydrogen) atoms. The minimum atomic E-state index is 1.02. The van der Waals surface area contributed by atoms with E-state index in [0.29, 0.717) is 0 Å². The standard InChI is InChI=1S/C4H11NSi4/c1-6-3-8-5-9-4-7-2/h5H,3-4H2,1-2H3. The van der Waals surface area contributed by atoms with E-state index in [-0.39, 0.29) is 0 Å². The highest BCUT2D eigenvalue weighted by molar-refractivity contribution is 6.64. The van der Waals surface area contributed by atoms with Crippen molar-refractivity contribution < 1.29 is 0 Å². The van der Waals surface area contributed by atoms with Gasteiger partial charge in [-0.15, -0.1) is 0 Å². The summed E-state index contributed by atoms with van der Waals surface area (Å²) in [4.78, 5) is 0. The third kappa shape index (κ3) is 8.83. The normalized spacial score (nSPS) is 10.0. The lowest BCUT2D eigenvalue weighted by molar-refractivity contribution is 1.53. The average molecular weight is 185 g/mol. The first-order valence-corrected chi connectivity index (χ1v) is 8.74. The van der Waals surface area contributed by atoms with Crippen molar-refractivity contribution in [3.8, 4) is 0 Å². The Balaban J connectivity index is 2.60. The second-order valence-corrected chi connectivity index (χ2v) is 7.49. The van der Waals surface area contributed by atoms with Crippen LogP contribution >= 0.6 is 0 Å². The SMILES string of the molecule is C[Si]C[Si]N[Si]C[Si]C. The molecule has 5 heteroatoms. The second-order valence-electron chi connectivity index (χ2n) is 1.54. The van der Waals surface area contributed by atoms with Crippen LogP contribution in [0.5, 0.6) is 0 Å². The summed E-state index contributed by atoms with van der Waals surface area (Å²) in [6, 6.07) is 0. The topological polar surface area (TPSA) is 12.0 Å². The van der Waals surface area contributed by atoms with Gasteiger partial charge in [-0.3, -0.25) is 0 Å². The molecule has 0 aromatic heterocycles. The minimum Gasteiger partial charge on any atom is -0.364 e. The summed E-state index contributed by atoms with van der Waals surface area (Å²) in [6.07, 6.45) is 0. The average Bonchev–Trinajstić information content (AvgIpc) is 1.89. The van der Waals surface area contributed by atoms with Gasteiger partial charge in [0, 0.05) is 19.0 Å². The van der Waals surface area contributed by atoms with E-state index in [1.165, 1.54) is 11.3 Å². The van der Waals surface area contributed by atoms with Gasteiger partial charge in [0.1, 0.15) is 19.4 Å². The summed E-state index contributed by atoms with van der Waals surface area (Å²) in [5.74, 6) is 0. The van der Waals surface area contributed by atoms with Gasteiger partial charge in [0.25, 0.3) is 0 Å². The fourth-order valence-electron chi connectivity index (χ4n) is 0.328. The fraction of sp³-hybridized carbons (Fsp3) is 1.00. The van der Waals surface area contributed by atoms with Crippen LogP contribution < -0.4 is 4.65 Å². The quantitative estimate of drug-likeness (QED) is 0.456. The lowest BCUT2D eigenvalue weighted by Gasteiger charge is -1.95. The fourth-order valence-corrected chi connectivity index (χ4v) is 4.54. The molecule has 0 aliphatic heterocycles. The van der Waals surface area contributed by atoms with Crippen molar-refractivity contribution in [2.45, 2.75) is 24.4 Å². The molecule has 8 radical (unpaired) electrons. The molecule has 0 fully saturated rings. The lowest BCUT2D eigenvalue weighted by atomic mass is 11.8. The largest absolute Gasteiger partial charge is 0.364 e. The monoisotopic (exact) mass is 185 g/mol. The molecule has 1 nitrogen and oxygen atoms in total. The molecule has 1 N–H and O–H groups in total. The van der Waals surface area contributed by atoms with Gasteiger partial charge < -0.3 is 4.65 Å². The Labute approximate surface area is 67.8 Å². The smallest absolute Gasteiger partial charge is 0.127 e. The van der Waals surface area contributed by atoms with E-state index < -0.39 is 0 Å². The first kappa shape index (κ1) is 9.83. The summed E-state index contributed by atoms with van der Waals surface area (Å²) in [5, 5.41) is 0. The van der Waals surface area contributed by atoms with Crippen LogP contribution in [0.25, 0.3) is 0 Å². The summed E-state index contributed by atoms with van der Waals surface area (Å²) in [7, 11) is 4.29. The second kappa shape index (κ2) is 8.83. The molecular formula is C4H11NSi4. The number of hydrogen-bond acceptors (Lipinski definition) is 1. The van der Waals surface area contributed by atoms with Crippen LogP contribution in [0.15, 0.2) is 0 Å². The molecule has 0 rings (SSSR count). The molecule has 0 aromatic carbocycles. The van der Waals surface area contributed by atoms with Crippen LogP contribution in [-0.2, 0) is 0 Å². The predicted molar refractivity (Wildman–Crippen MR) is 47.5 cm³/mol. The molecule has 0 heterocycles. The van der Waals surface area contributed by atoms with Gasteiger partial charge >= 0.3 is 0 Å². The highest BCUT2D eigenvalue weighted by atomic mass is 28.3. The summed E-state index contributed by atoms with van der Waals surface area (Å²) in [5.41, 5.74) is 2.78. The number of nitrogens with one attached hydrogen (secondary N) is 1. The molecule has 0 aliphatic rings. The Morgan fingerprint density at radius 3 is 1.78 bits per heavy atom. The third-order valence-corrected chi connectivity index (χ3v) is 6.36. The van der Waals surface area contributed by atoms with Crippen molar-refractivity contribution in [3.63, 3.8) is 0 Å². The van der Waals surface area contributed by atoms with E-state index in [1.54, 1.807) is 0 Å². The summed E-state index contributed by atoms with van der Waals surface area (Å²) >= 11 is 0. The maximum absolute atomic E-state index is 3.46. The summed E-state index contributed by atoms with van der Waals surface area (Å²) in [6.45, 7) is 4.53. The van der Waals surface area contributed by atoms with Crippen molar-refractivity contribution in [3.05, 3.63) is 0 Å². The van der Waals surface area contributed by atoms with E-state index >= 15 is 0 Å². The van der Waals surface area contributed by atoms with Crippen LogP contribution in [0.4, 0.5) is 0 Å². The van der Waals surface area contributed by atoms with Crippen LogP contribution in [0.3, 0.4) is 0 Å². The Bertz CT molecular complexity index is 45.8. The van der Waals surface area contributed by atoms with Gasteiger partial charge in [-0.05, 0) is 0 Å². The molecule has 48 valence electrons. The Hall–Kier alpha value is 0.828. The van der Waals surface area contributed by atoms with Crippen molar-refractivity contribution in [2.24, 2.45) is 0 Å². The van der Waals surface area contributed by atoms with Gasteiger partial charge in [0.15, 0.2) is 0 Å². The molecule has 0 aliphatic carbocycles. The molecule has 0 unspecified atom stereocenters. The zero-order valence-corrected chi connectivity index (χ0v) is 9.91. The van der Waals surface area contributed by atoms with Gasteiger partial charge in [-0.1, -0.05) is 24.4 Å². The number of hydrogen-bond donors (Lipinski definition) is 1. The molecule has 0 aromatic rings. The maximum atomic E-state index is 3.46. The zero-order valence-electron chi connectivity index (χ0n) is 5.91. The van der Waals surface area contributed by atoms with Crippen LogP contribution in [0.1, 0.15) is 0 Å². The van der Waals surface area contributed by atoms with Crippen LogP contribution in [-0.4, -0.2) is 38.4 Å². The molecule has 0 spiro atoms. The van der Waals surface area contributed by atoms with Crippen molar-refractivity contribution in [1.82, 2.24) is 4.65 Å². The Kier molecular flexibility index (Phi) is 9.64. The molecule has 0 amide bonds. The zero-order chi connectivity index (χ0) is 6.95. The third-order valence-electron chi connectivity index (χ3n) is 0.707. The minimum absolute atomic E-state index is 1.02. The molecular weight excluding hydrogens is 174 g/mol. The van der Waals surface area contributed by atoms with E-state index in [4.69, 9.17) is 0 Å². The highest BCUT2D eigenvalue weighted by Crippen LogP contribution is 1.72. The Morgan fingerprint density at radius 1 is 1.00 bits per heavy atom. The molecule has 0 bridgehead atoms. The van der Waals surface area contributed by atoms with Crippen molar-refractivity contribution in [2.75, 3.05) is 0 Å². The van der Waals surface area contributed by atoms with E-state index in [1.807, 2.05) is 0 Å². The van der Waals surface area contributed by atoms with E-state index in [2.05, 4.69) is 17.7 Å². The Morgan fingerprint density at radius 2 is 1.44 bits per heavy atom. The predicted octanol–water partition coefficient (Wildman–Crippen LogP) is 0.0706. The first-order chi connectivity index (χ1) is 4.41. The summed E-state index contributed by atoms with van der Waals surface area (Å²) < 4.78 is 3.46. The van der Waals surface area contributed by atoms with E-state index in [0.717, 1.165) is 38.4 Å². The maximum Gasteiger partial charge on any atom is 0.127 e. The molecule has 0 saturated carbocycles. The molecule has 0 saturated heterocycles. The van der Waals surface area contributed by atoms with E-state index in [9.17, 15) is 0 Å². The van der Waals surface area contributed by atoms with Crippen molar-refractivity contribution in [1.29, 1.82) is 0 Å². The van der Waals surface area contributed by atoms with Gasteiger partial charge in [-0.25, -0.2) is 0 Å².